The molecule has 0 aliphatic carbocycles. The quantitative estimate of drug-likeness (QED) is 0.685. The molecule has 20 heavy (non-hydrogen) atoms. The molecule has 0 radical (unpaired) electrons. The van der Waals surface area contributed by atoms with Crippen molar-refractivity contribution in [2.45, 2.75) is 11.5 Å². The minimum Gasteiger partial charge on any atom is -0.497 e. The SMILES string of the molecule is COc1ccc(COC(=O)c2cc(S)ccc2Cl)cc1. The van der Waals surface area contributed by atoms with Crippen molar-refractivity contribution in [3.05, 3.63) is 58.6 Å². The number of esters is 1. The predicted octanol–water partition coefficient (Wildman–Crippen LogP) is 3.99. The number of benzene rings is 2. The lowest BCUT2D eigenvalue weighted by Crippen LogP contribution is -2.06. The summed E-state index contributed by atoms with van der Waals surface area (Å²) in [7, 11) is 1.60. The van der Waals surface area contributed by atoms with Gasteiger partial charge in [-0.3, -0.25) is 0 Å². The van der Waals surface area contributed by atoms with E-state index in [4.69, 9.17) is 21.1 Å². The van der Waals surface area contributed by atoms with Crippen LogP contribution in [0.1, 0.15) is 15.9 Å². The van der Waals surface area contributed by atoms with E-state index in [1.807, 2.05) is 24.3 Å². The Morgan fingerprint density at radius 2 is 1.90 bits per heavy atom. The van der Waals surface area contributed by atoms with E-state index in [0.717, 1.165) is 11.3 Å². The van der Waals surface area contributed by atoms with Gasteiger partial charge in [-0.05, 0) is 35.9 Å². The standard InChI is InChI=1S/C15H13ClO3S/c1-18-11-4-2-10(3-5-11)9-19-15(17)13-8-12(20)6-7-14(13)16/h2-8,20H,9H2,1H3. The molecular formula is C15H13ClO3S. The van der Waals surface area contributed by atoms with Crippen molar-refractivity contribution in [1.82, 2.24) is 0 Å². The minimum absolute atomic E-state index is 0.177. The number of hydrogen-bond acceptors (Lipinski definition) is 4. The van der Waals surface area contributed by atoms with Crippen LogP contribution in [0.15, 0.2) is 47.4 Å². The molecule has 104 valence electrons. The third-order valence-corrected chi connectivity index (χ3v) is 3.31. The van der Waals surface area contributed by atoms with Crippen molar-refractivity contribution in [1.29, 1.82) is 0 Å². The average Bonchev–Trinajstić information content (AvgIpc) is 2.47. The van der Waals surface area contributed by atoms with Crippen LogP contribution in [0.5, 0.6) is 5.75 Å². The number of ether oxygens (including phenoxy) is 2. The summed E-state index contributed by atoms with van der Waals surface area (Å²) in [6.45, 7) is 0.177. The molecule has 0 N–H and O–H groups in total. The summed E-state index contributed by atoms with van der Waals surface area (Å²) >= 11 is 10.1. The van der Waals surface area contributed by atoms with E-state index in [1.54, 1.807) is 25.3 Å². The van der Waals surface area contributed by atoms with E-state index in [1.165, 1.54) is 0 Å². The second kappa shape index (κ2) is 6.68. The Balaban J connectivity index is 2.02. The van der Waals surface area contributed by atoms with Crippen molar-refractivity contribution in [2.24, 2.45) is 0 Å². The van der Waals surface area contributed by atoms with E-state index < -0.39 is 5.97 Å². The smallest absolute Gasteiger partial charge is 0.340 e. The van der Waals surface area contributed by atoms with E-state index in [9.17, 15) is 4.79 Å². The van der Waals surface area contributed by atoms with Crippen LogP contribution in [0, 0.1) is 0 Å². The molecule has 3 nitrogen and oxygen atoms in total. The Kier molecular flexibility index (Phi) is 4.93. The molecule has 0 aliphatic heterocycles. The van der Waals surface area contributed by atoms with Gasteiger partial charge >= 0.3 is 5.97 Å². The van der Waals surface area contributed by atoms with Crippen LogP contribution in [0.25, 0.3) is 0 Å². The van der Waals surface area contributed by atoms with Gasteiger partial charge in [-0.2, -0.15) is 0 Å². The fourth-order valence-electron chi connectivity index (χ4n) is 1.62. The van der Waals surface area contributed by atoms with Gasteiger partial charge in [-0.1, -0.05) is 23.7 Å². The Bertz CT molecular complexity index is 611. The molecule has 2 rings (SSSR count). The van der Waals surface area contributed by atoms with Crippen LogP contribution in [-0.4, -0.2) is 13.1 Å². The second-order valence-corrected chi connectivity index (χ2v) is 5.01. The average molecular weight is 309 g/mol. The van der Waals surface area contributed by atoms with Gasteiger partial charge in [-0.25, -0.2) is 4.79 Å². The van der Waals surface area contributed by atoms with Crippen molar-refractivity contribution in [3.63, 3.8) is 0 Å². The molecule has 0 saturated carbocycles. The maximum Gasteiger partial charge on any atom is 0.340 e. The number of halogens is 1. The molecule has 2 aromatic rings. The molecule has 0 heterocycles. The molecule has 5 heteroatoms. The molecule has 0 saturated heterocycles. The summed E-state index contributed by atoms with van der Waals surface area (Å²) in [6, 6.07) is 12.2. The molecule has 0 aliphatic rings. The summed E-state index contributed by atoms with van der Waals surface area (Å²) < 4.78 is 10.3. The van der Waals surface area contributed by atoms with Gasteiger partial charge in [0.25, 0.3) is 0 Å². The maximum absolute atomic E-state index is 11.9. The minimum atomic E-state index is -0.471. The Morgan fingerprint density at radius 1 is 1.20 bits per heavy atom. The lowest BCUT2D eigenvalue weighted by Gasteiger charge is -2.07. The zero-order valence-corrected chi connectivity index (χ0v) is 12.4. The number of thiol groups is 1. The zero-order valence-electron chi connectivity index (χ0n) is 10.8. The van der Waals surface area contributed by atoms with Crippen LogP contribution >= 0.6 is 24.2 Å². The normalized spacial score (nSPS) is 10.2. The molecule has 0 spiro atoms. The van der Waals surface area contributed by atoms with Gasteiger partial charge in [-0.15, -0.1) is 12.6 Å². The molecule has 0 unspecified atom stereocenters. The number of methoxy groups -OCH3 is 1. The lowest BCUT2D eigenvalue weighted by atomic mass is 10.2. The van der Waals surface area contributed by atoms with Crippen LogP contribution in [0.3, 0.4) is 0 Å². The van der Waals surface area contributed by atoms with E-state index in [0.29, 0.717) is 15.5 Å². The molecule has 0 amide bonds. The van der Waals surface area contributed by atoms with Gasteiger partial charge in [0.15, 0.2) is 0 Å². The maximum atomic E-state index is 11.9. The topological polar surface area (TPSA) is 35.5 Å². The predicted molar refractivity (Wildman–Crippen MR) is 80.8 cm³/mol. The van der Waals surface area contributed by atoms with Crippen molar-refractivity contribution in [3.8, 4) is 5.75 Å². The fourth-order valence-corrected chi connectivity index (χ4v) is 2.02. The third-order valence-electron chi connectivity index (χ3n) is 2.70. The van der Waals surface area contributed by atoms with Gasteiger partial charge in [0.1, 0.15) is 12.4 Å². The fraction of sp³-hybridized carbons (Fsp3) is 0.133. The molecule has 0 fully saturated rings. The summed E-state index contributed by atoms with van der Waals surface area (Å²) in [6.07, 6.45) is 0. The van der Waals surface area contributed by atoms with Crippen LogP contribution in [-0.2, 0) is 11.3 Å². The highest BCUT2D eigenvalue weighted by Crippen LogP contribution is 2.21. The highest BCUT2D eigenvalue weighted by Gasteiger charge is 2.12. The van der Waals surface area contributed by atoms with Gasteiger partial charge in [0, 0.05) is 4.90 Å². The van der Waals surface area contributed by atoms with Crippen LogP contribution < -0.4 is 4.74 Å². The van der Waals surface area contributed by atoms with Crippen molar-refractivity contribution >= 4 is 30.2 Å². The van der Waals surface area contributed by atoms with Crippen LogP contribution in [0.2, 0.25) is 5.02 Å². The monoisotopic (exact) mass is 308 g/mol. The van der Waals surface area contributed by atoms with Crippen LogP contribution in [0.4, 0.5) is 0 Å². The van der Waals surface area contributed by atoms with Crippen molar-refractivity contribution < 1.29 is 14.3 Å². The first-order valence-electron chi connectivity index (χ1n) is 5.88. The summed E-state index contributed by atoms with van der Waals surface area (Å²) in [4.78, 5) is 12.6. The highest BCUT2D eigenvalue weighted by molar-refractivity contribution is 7.80. The third kappa shape index (κ3) is 3.68. The number of rotatable bonds is 4. The van der Waals surface area contributed by atoms with Gasteiger partial charge in [0.2, 0.25) is 0 Å². The number of carbonyl (C=O) groups excluding carboxylic acids is 1. The Morgan fingerprint density at radius 3 is 2.55 bits per heavy atom. The molecule has 0 atom stereocenters. The first-order chi connectivity index (χ1) is 9.60. The summed E-state index contributed by atoms with van der Waals surface area (Å²) in [5, 5.41) is 0.350. The lowest BCUT2D eigenvalue weighted by molar-refractivity contribution is 0.0472. The Labute approximate surface area is 127 Å². The molecule has 2 aromatic carbocycles. The zero-order chi connectivity index (χ0) is 14.5. The van der Waals surface area contributed by atoms with Gasteiger partial charge in [0.05, 0.1) is 17.7 Å². The number of carbonyl (C=O) groups is 1. The van der Waals surface area contributed by atoms with Gasteiger partial charge < -0.3 is 9.47 Å². The first-order valence-corrected chi connectivity index (χ1v) is 6.71. The largest absolute Gasteiger partial charge is 0.497 e. The van der Waals surface area contributed by atoms with E-state index in [-0.39, 0.29) is 6.61 Å². The number of hydrogen-bond donors (Lipinski definition) is 1. The Hall–Kier alpha value is -1.65. The van der Waals surface area contributed by atoms with E-state index in [2.05, 4.69) is 12.6 Å². The summed E-state index contributed by atoms with van der Waals surface area (Å²) in [5.74, 6) is 0.285. The molecule has 0 bridgehead atoms. The second-order valence-electron chi connectivity index (χ2n) is 4.09. The van der Waals surface area contributed by atoms with E-state index >= 15 is 0 Å². The molecule has 0 aromatic heterocycles. The molecular weight excluding hydrogens is 296 g/mol. The van der Waals surface area contributed by atoms with Crippen molar-refractivity contribution in [2.75, 3.05) is 7.11 Å². The highest BCUT2D eigenvalue weighted by atomic mass is 35.5. The first kappa shape index (κ1) is 14.8. The summed E-state index contributed by atoms with van der Waals surface area (Å²) in [5.41, 5.74) is 1.19.